The summed E-state index contributed by atoms with van der Waals surface area (Å²) >= 11 is 2.28. The van der Waals surface area contributed by atoms with Gasteiger partial charge in [-0.1, -0.05) is 29.2 Å². The molecule has 12 heteroatoms. The van der Waals surface area contributed by atoms with Crippen molar-refractivity contribution in [2.75, 3.05) is 44.7 Å². The van der Waals surface area contributed by atoms with Crippen molar-refractivity contribution in [3.63, 3.8) is 0 Å². The van der Waals surface area contributed by atoms with Crippen LogP contribution in [0.5, 0.6) is 5.75 Å². The molecule has 11 nitrogen and oxygen atoms in total. The Morgan fingerprint density at radius 1 is 1.17 bits per heavy atom. The zero-order valence-corrected chi connectivity index (χ0v) is 25.1. The molecule has 3 amide bonds. The molecule has 5 rings (SSSR count). The molecular formula is C29H33IN6O5. The van der Waals surface area contributed by atoms with Crippen LogP contribution in [0.15, 0.2) is 43.1 Å². The summed E-state index contributed by atoms with van der Waals surface area (Å²) in [6, 6.07) is 6.83. The number of morpholine rings is 1. The Kier molecular flexibility index (Phi) is 9.18. The molecule has 1 N–H and O–H groups in total. The summed E-state index contributed by atoms with van der Waals surface area (Å²) in [5.74, 6) is 0.331. The molecule has 2 aromatic heterocycles. The first-order valence-corrected chi connectivity index (χ1v) is 15.2. The minimum absolute atomic E-state index is 0.120. The van der Waals surface area contributed by atoms with Gasteiger partial charge in [0.1, 0.15) is 5.75 Å². The summed E-state index contributed by atoms with van der Waals surface area (Å²) in [4.78, 5) is 51.3. The Labute approximate surface area is 252 Å². The molecule has 0 radical (unpaired) electrons. The average Bonchev–Trinajstić information content (AvgIpc) is 3.16. The van der Waals surface area contributed by atoms with Gasteiger partial charge in [-0.15, -0.1) is 0 Å². The number of hydrogen-bond acceptors (Lipinski definition) is 7. The van der Waals surface area contributed by atoms with Gasteiger partial charge in [0.15, 0.2) is 0 Å². The quantitative estimate of drug-likeness (QED) is 0.233. The second kappa shape index (κ2) is 13.0. The normalized spacial score (nSPS) is 17.7. The Morgan fingerprint density at radius 3 is 2.71 bits per heavy atom. The zero-order chi connectivity index (χ0) is 28.9. The van der Waals surface area contributed by atoms with E-state index in [-0.39, 0.29) is 17.9 Å². The Morgan fingerprint density at radius 2 is 1.98 bits per heavy atom. The van der Waals surface area contributed by atoms with Crippen LogP contribution >= 0.6 is 22.6 Å². The molecule has 0 bridgehead atoms. The van der Waals surface area contributed by atoms with Gasteiger partial charge in [0.2, 0.25) is 11.9 Å². The van der Waals surface area contributed by atoms with Crippen molar-refractivity contribution < 1.29 is 23.9 Å². The van der Waals surface area contributed by atoms with E-state index in [4.69, 9.17) is 14.5 Å². The fourth-order valence-corrected chi connectivity index (χ4v) is 5.90. The van der Waals surface area contributed by atoms with Gasteiger partial charge in [-0.3, -0.25) is 19.9 Å². The van der Waals surface area contributed by atoms with Gasteiger partial charge in [-0.2, -0.15) is 0 Å². The number of hydrogen-bond donors (Lipinski definition) is 1. The summed E-state index contributed by atoms with van der Waals surface area (Å²) < 4.78 is 13.8. The average molecular weight is 673 g/mol. The molecular weight excluding hydrogens is 639 g/mol. The lowest BCUT2D eigenvalue weighted by Crippen LogP contribution is -2.42. The monoisotopic (exact) mass is 672 g/mol. The number of aryl methyl sites for hydroxylation is 1. The van der Waals surface area contributed by atoms with Gasteiger partial charge < -0.3 is 23.8 Å². The maximum absolute atomic E-state index is 13.4. The molecule has 0 unspecified atom stereocenters. The van der Waals surface area contributed by atoms with E-state index in [0.29, 0.717) is 66.6 Å². The van der Waals surface area contributed by atoms with E-state index in [1.165, 1.54) is 6.08 Å². The summed E-state index contributed by atoms with van der Waals surface area (Å²) in [6.07, 6.45) is 5.10. The third-order valence-electron chi connectivity index (χ3n) is 7.34. The number of carbonyl (C=O) groups excluding carboxylic acids is 3. The number of benzene rings is 1. The molecule has 0 spiro atoms. The molecule has 2 aliphatic heterocycles. The highest BCUT2D eigenvalue weighted by Gasteiger charge is 2.28. The van der Waals surface area contributed by atoms with Crippen molar-refractivity contribution >= 4 is 57.5 Å². The van der Waals surface area contributed by atoms with Gasteiger partial charge in [-0.25, -0.2) is 9.78 Å². The number of pyridine rings is 1. The Bertz CT molecular complexity index is 1470. The van der Waals surface area contributed by atoms with Crippen LogP contribution in [0, 0.1) is 6.92 Å². The van der Waals surface area contributed by atoms with Gasteiger partial charge >= 0.3 is 6.09 Å². The van der Waals surface area contributed by atoms with Crippen LogP contribution in [-0.4, -0.2) is 81.6 Å². The van der Waals surface area contributed by atoms with E-state index in [0.717, 1.165) is 36.0 Å². The number of aromatic nitrogens is 3. The largest absolute Gasteiger partial charge is 0.415 e. The number of fused-ring (bicyclic) bond motifs is 1. The predicted molar refractivity (Wildman–Crippen MR) is 162 cm³/mol. The van der Waals surface area contributed by atoms with E-state index in [9.17, 15) is 14.4 Å². The van der Waals surface area contributed by atoms with Gasteiger partial charge in [-0.05, 0) is 56.0 Å². The third-order valence-corrected chi connectivity index (χ3v) is 8.16. The second-order valence-electron chi connectivity index (χ2n) is 10.1. The molecule has 0 saturated carbocycles. The molecule has 1 aromatic carbocycles. The molecule has 3 aromatic rings. The molecule has 4 heterocycles. The van der Waals surface area contributed by atoms with Crippen molar-refractivity contribution in [1.82, 2.24) is 24.3 Å². The van der Waals surface area contributed by atoms with Crippen LogP contribution in [0.2, 0.25) is 0 Å². The lowest BCUT2D eigenvalue weighted by molar-refractivity contribution is -0.126. The van der Waals surface area contributed by atoms with Crippen molar-refractivity contribution in [1.29, 1.82) is 0 Å². The van der Waals surface area contributed by atoms with Crippen LogP contribution in [0.3, 0.4) is 0 Å². The number of rotatable bonds is 6. The smallest absolute Gasteiger partial charge is 0.410 e. The van der Waals surface area contributed by atoms with Crippen LogP contribution in [-0.2, 0) is 14.0 Å². The highest BCUT2D eigenvalue weighted by atomic mass is 127. The molecule has 2 saturated heterocycles. The van der Waals surface area contributed by atoms with Crippen LogP contribution in [0.4, 0.5) is 10.7 Å². The number of imidazole rings is 1. The standard InChI is InChI=1S/C29H33IN6O5/c1-3-25(37)35-9-5-4-6-22(18-35)36-26-21(17-30)15-23(41-29(39)34-10-12-40-13-11-34)16-24(26)32-28(36)33-27(38)20-7-8-31-19(2)14-20/h3,7-8,14-16,22H,1,4-6,9-13,17-18H2,2H3,(H,32,33,38)/t22-/m1/s1. The number of nitrogens with zero attached hydrogens (tertiary/aromatic N) is 5. The minimum atomic E-state index is -0.435. The van der Waals surface area contributed by atoms with Gasteiger partial charge in [0, 0.05) is 54.1 Å². The Hall–Kier alpha value is -3.52. The van der Waals surface area contributed by atoms with Crippen molar-refractivity contribution in [2.45, 2.75) is 36.7 Å². The van der Waals surface area contributed by atoms with E-state index >= 15 is 0 Å². The molecule has 2 fully saturated rings. The fraction of sp³-hybridized carbons (Fsp3) is 0.414. The third kappa shape index (κ3) is 6.53. The minimum Gasteiger partial charge on any atom is -0.410 e. The van der Waals surface area contributed by atoms with Crippen LogP contribution in [0.25, 0.3) is 11.0 Å². The molecule has 41 heavy (non-hydrogen) atoms. The van der Waals surface area contributed by atoms with Gasteiger partial charge in [0.05, 0.1) is 30.3 Å². The van der Waals surface area contributed by atoms with E-state index in [1.807, 2.05) is 17.6 Å². The van der Waals surface area contributed by atoms with Crippen LogP contribution in [0.1, 0.15) is 46.9 Å². The van der Waals surface area contributed by atoms with E-state index in [1.54, 1.807) is 34.2 Å². The zero-order valence-electron chi connectivity index (χ0n) is 23.0. The number of carbonyl (C=O) groups is 3. The first kappa shape index (κ1) is 29.0. The number of likely N-dealkylation sites (tertiary alicyclic amines) is 1. The highest BCUT2D eigenvalue weighted by molar-refractivity contribution is 14.1. The summed E-state index contributed by atoms with van der Waals surface area (Å²) in [5.41, 5.74) is 3.54. The van der Waals surface area contributed by atoms with Crippen LogP contribution < -0.4 is 10.1 Å². The predicted octanol–water partition coefficient (Wildman–Crippen LogP) is 4.50. The lowest BCUT2D eigenvalue weighted by Gasteiger charge is -2.27. The molecule has 2 aliphatic rings. The van der Waals surface area contributed by atoms with Crippen molar-refractivity contribution in [3.8, 4) is 5.75 Å². The summed E-state index contributed by atoms with van der Waals surface area (Å²) in [6.45, 7) is 8.51. The first-order valence-electron chi connectivity index (χ1n) is 13.7. The topological polar surface area (TPSA) is 119 Å². The fourth-order valence-electron chi connectivity index (χ4n) is 5.32. The lowest BCUT2D eigenvalue weighted by atomic mass is 10.1. The Balaban J connectivity index is 1.56. The maximum atomic E-state index is 13.4. The number of amides is 3. The van der Waals surface area contributed by atoms with E-state index in [2.05, 4.69) is 39.5 Å². The molecule has 1 atom stereocenters. The van der Waals surface area contributed by atoms with Crippen molar-refractivity contribution in [2.24, 2.45) is 0 Å². The van der Waals surface area contributed by atoms with Crippen molar-refractivity contribution in [3.05, 3.63) is 59.9 Å². The summed E-state index contributed by atoms with van der Waals surface area (Å²) in [7, 11) is 0. The number of ether oxygens (including phenoxy) is 2. The maximum Gasteiger partial charge on any atom is 0.415 e. The second-order valence-corrected chi connectivity index (χ2v) is 10.9. The molecule has 0 aliphatic carbocycles. The number of halogens is 1. The highest BCUT2D eigenvalue weighted by Crippen LogP contribution is 2.35. The van der Waals surface area contributed by atoms with Gasteiger partial charge in [0.25, 0.3) is 5.91 Å². The summed E-state index contributed by atoms with van der Waals surface area (Å²) in [5, 5.41) is 3.01. The number of alkyl halides is 1. The van der Waals surface area contributed by atoms with E-state index < -0.39 is 6.09 Å². The SMILES string of the molecule is C=CC(=O)N1CCCC[C@@H](n2c(NC(=O)c3ccnc(C)c3)nc3cc(OC(=O)N4CCOCC4)cc(CI)c32)C1. The number of anilines is 1. The first-order chi connectivity index (χ1) is 19.9. The molecule has 216 valence electrons. The number of nitrogens with one attached hydrogen (secondary N) is 1.